The molecule has 2 aromatic rings. The molecule has 22 heavy (non-hydrogen) atoms. The first-order valence-electron chi connectivity index (χ1n) is 7.01. The number of amides is 1. The van der Waals surface area contributed by atoms with E-state index in [9.17, 15) is 4.79 Å². The van der Waals surface area contributed by atoms with Gasteiger partial charge in [-0.2, -0.15) is 0 Å². The number of ether oxygens (including phenoxy) is 1. The molecule has 0 aromatic heterocycles. The number of rotatable bonds is 5. The fourth-order valence-corrected chi connectivity index (χ4v) is 2.21. The fraction of sp³-hybridized carbons (Fsp3) is 0.235. The summed E-state index contributed by atoms with van der Waals surface area (Å²) in [5.41, 5.74) is 1.74. The Kier molecular flexibility index (Phi) is 5.69. The zero-order valence-corrected chi connectivity index (χ0v) is 13.9. The van der Waals surface area contributed by atoms with Crippen LogP contribution >= 0.6 is 23.2 Å². The molecule has 0 saturated heterocycles. The van der Waals surface area contributed by atoms with Gasteiger partial charge in [-0.25, -0.2) is 0 Å². The van der Waals surface area contributed by atoms with Crippen LogP contribution in [0.3, 0.4) is 0 Å². The van der Waals surface area contributed by atoms with Crippen LogP contribution in [-0.4, -0.2) is 12.0 Å². The first-order chi connectivity index (χ1) is 10.5. The quantitative estimate of drug-likeness (QED) is 0.837. The summed E-state index contributed by atoms with van der Waals surface area (Å²) in [7, 11) is 0. The molecule has 0 saturated carbocycles. The Balaban J connectivity index is 2.00. The Morgan fingerprint density at radius 1 is 1.18 bits per heavy atom. The Bertz CT molecular complexity index is 673. The van der Waals surface area contributed by atoms with Crippen molar-refractivity contribution in [1.82, 2.24) is 0 Å². The number of carbonyl (C=O) groups excluding carboxylic acids is 1. The molecule has 1 amide bonds. The Morgan fingerprint density at radius 2 is 1.95 bits per heavy atom. The second-order valence-corrected chi connectivity index (χ2v) is 5.69. The summed E-state index contributed by atoms with van der Waals surface area (Å²) in [6.07, 6.45) is 0.294. The molecule has 0 fully saturated rings. The Morgan fingerprint density at radius 3 is 2.64 bits per heavy atom. The number of anilines is 1. The van der Waals surface area contributed by atoms with Gasteiger partial charge >= 0.3 is 0 Å². The van der Waals surface area contributed by atoms with Crippen molar-refractivity contribution in [2.24, 2.45) is 0 Å². The van der Waals surface area contributed by atoms with E-state index in [2.05, 4.69) is 12.2 Å². The Hall–Kier alpha value is -1.71. The Labute approximate surface area is 140 Å². The molecule has 0 aliphatic rings. The fourth-order valence-electron chi connectivity index (χ4n) is 1.91. The maximum atomic E-state index is 12.2. The van der Waals surface area contributed by atoms with Gasteiger partial charge in [0, 0.05) is 5.69 Å². The van der Waals surface area contributed by atoms with Gasteiger partial charge in [-0.15, -0.1) is 0 Å². The summed E-state index contributed by atoms with van der Waals surface area (Å²) in [5.74, 6) is 0.427. The largest absolute Gasteiger partial charge is 0.481 e. The number of nitrogens with one attached hydrogen (secondary N) is 1. The zero-order chi connectivity index (χ0) is 16.1. The first kappa shape index (κ1) is 16.7. The topological polar surface area (TPSA) is 38.3 Å². The van der Waals surface area contributed by atoms with E-state index in [4.69, 9.17) is 27.9 Å². The summed E-state index contributed by atoms with van der Waals surface area (Å²) < 4.78 is 5.67. The molecule has 0 heterocycles. The molecule has 116 valence electrons. The monoisotopic (exact) mass is 337 g/mol. The van der Waals surface area contributed by atoms with Gasteiger partial charge in [0.2, 0.25) is 0 Å². The maximum Gasteiger partial charge on any atom is 0.265 e. The van der Waals surface area contributed by atoms with Crippen molar-refractivity contribution in [2.75, 3.05) is 5.32 Å². The van der Waals surface area contributed by atoms with Crippen LogP contribution in [0.25, 0.3) is 0 Å². The standard InChI is InChI=1S/C17H17Cl2NO2/c1-3-12-5-4-6-14(9-12)22-11(2)17(21)20-13-7-8-15(18)16(19)10-13/h4-11H,3H2,1-2H3,(H,20,21). The summed E-state index contributed by atoms with van der Waals surface area (Å²) in [6.45, 7) is 3.77. The van der Waals surface area contributed by atoms with Crippen LogP contribution in [0.1, 0.15) is 19.4 Å². The molecule has 0 spiro atoms. The van der Waals surface area contributed by atoms with Gasteiger partial charge in [-0.3, -0.25) is 4.79 Å². The van der Waals surface area contributed by atoms with Gasteiger partial charge in [-0.05, 0) is 49.2 Å². The summed E-state index contributed by atoms with van der Waals surface area (Å²) >= 11 is 11.8. The highest BCUT2D eigenvalue weighted by Crippen LogP contribution is 2.25. The van der Waals surface area contributed by atoms with Crippen LogP contribution in [0.15, 0.2) is 42.5 Å². The molecular weight excluding hydrogens is 321 g/mol. The van der Waals surface area contributed by atoms with Gasteiger partial charge in [0.15, 0.2) is 6.10 Å². The van der Waals surface area contributed by atoms with Crippen LogP contribution < -0.4 is 10.1 Å². The van der Waals surface area contributed by atoms with Crippen molar-refractivity contribution in [3.63, 3.8) is 0 Å². The number of hydrogen-bond donors (Lipinski definition) is 1. The molecule has 0 bridgehead atoms. The van der Waals surface area contributed by atoms with Crippen LogP contribution in [0.2, 0.25) is 10.0 Å². The lowest BCUT2D eigenvalue weighted by atomic mass is 10.2. The molecule has 5 heteroatoms. The summed E-state index contributed by atoms with van der Waals surface area (Å²) in [4.78, 5) is 12.2. The minimum Gasteiger partial charge on any atom is -0.481 e. The third kappa shape index (κ3) is 4.39. The van der Waals surface area contributed by atoms with E-state index in [0.29, 0.717) is 21.5 Å². The predicted molar refractivity (Wildman–Crippen MR) is 91.0 cm³/mol. The van der Waals surface area contributed by atoms with Crippen molar-refractivity contribution < 1.29 is 9.53 Å². The van der Waals surface area contributed by atoms with Crippen LogP contribution in [0.5, 0.6) is 5.75 Å². The van der Waals surface area contributed by atoms with E-state index in [1.54, 1.807) is 25.1 Å². The molecule has 1 N–H and O–H groups in total. The second kappa shape index (κ2) is 7.52. The van der Waals surface area contributed by atoms with Gasteiger partial charge in [-0.1, -0.05) is 42.3 Å². The predicted octanol–water partition coefficient (Wildman–Crippen LogP) is 4.96. The molecule has 0 aliphatic heterocycles. The summed E-state index contributed by atoms with van der Waals surface area (Å²) in [6, 6.07) is 12.6. The van der Waals surface area contributed by atoms with Crippen LogP contribution in [0.4, 0.5) is 5.69 Å². The minimum absolute atomic E-state index is 0.250. The van der Waals surface area contributed by atoms with E-state index in [1.165, 1.54) is 0 Å². The number of hydrogen-bond acceptors (Lipinski definition) is 2. The molecule has 3 nitrogen and oxygen atoms in total. The normalized spacial score (nSPS) is 11.8. The van der Waals surface area contributed by atoms with Gasteiger partial charge < -0.3 is 10.1 Å². The first-order valence-corrected chi connectivity index (χ1v) is 7.76. The molecule has 2 aromatic carbocycles. The lowest BCUT2D eigenvalue weighted by Crippen LogP contribution is -2.30. The van der Waals surface area contributed by atoms with E-state index >= 15 is 0 Å². The van der Waals surface area contributed by atoms with Gasteiger partial charge in [0.05, 0.1) is 10.0 Å². The van der Waals surface area contributed by atoms with Crippen LogP contribution in [-0.2, 0) is 11.2 Å². The highest BCUT2D eigenvalue weighted by Gasteiger charge is 2.15. The molecular formula is C17H17Cl2NO2. The van der Waals surface area contributed by atoms with E-state index in [-0.39, 0.29) is 5.91 Å². The second-order valence-electron chi connectivity index (χ2n) is 4.88. The van der Waals surface area contributed by atoms with Crippen LogP contribution in [0, 0.1) is 0 Å². The smallest absolute Gasteiger partial charge is 0.265 e. The van der Waals surface area contributed by atoms with Crippen molar-refractivity contribution in [2.45, 2.75) is 26.4 Å². The third-order valence-electron chi connectivity index (χ3n) is 3.18. The maximum absolute atomic E-state index is 12.2. The van der Waals surface area contributed by atoms with Gasteiger partial charge in [0.1, 0.15) is 5.75 Å². The van der Waals surface area contributed by atoms with E-state index < -0.39 is 6.10 Å². The van der Waals surface area contributed by atoms with Gasteiger partial charge in [0.25, 0.3) is 5.91 Å². The van der Waals surface area contributed by atoms with Crippen molar-refractivity contribution in [1.29, 1.82) is 0 Å². The molecule has 1 atom stereocenters. The zero-order valence-electron chi connectivity index (χ0n) is 12.4. The molecule has 1 unspecified atom stereocenters. The molecule has 2 rings (SSSR count). The number of halogens is 2. The van der Waals surface area contributed by atoms with Crippen molar-refractivity contribution in [3.05, 3.63) is 58.1 Å². The summed E-state index contributed by atoms with van der Waals surface area (Å²) in [5, 5.41) is 3.59. The minimum atomic E-state index is -0.624. The average Bonchev–Trinajstić information content (AvgIpc) is 2.51. The number of benzene rings is 2. The highest BCUT2D eigenvalue weighted by molar-refractivity contribution is 6.42. The average molecular weight is 338 g/mol. The number of aryl methyl sites for hydroxylation is 1. The lowest BCUT2D eigenvalue weighted by molar-refractivity contribution is -0.122. The molecule has 0 aliphatic carbocycles. The molecule has 0 radical (unpaired) electrons. The number of carbonyl (C=O) groups is 1. The highest BCUT2D eigenvalue weighted by atomic mass is 35.5. The lowest BCUT2D eigenvalue weighted by Gasteiger charge is -2.15. The van der Waals surface area contributed by atoms with Crippen molar-refractivity contribution >= 4 is 34.8 Å². The van der Waals surface area contributed by atoms with E-state index in [0.717, 1.165) is 12.0 Å². The SMILES string of the molecule is CCc1cccc(OC(C)C(=O)Nc2ccc(Cl)c(Cl)c2)c1. The third-order valence-corrected chi connectivity index (χ3v) is 3.91. The van der Waals surface area contributed by atoms with Crippen molar-refractivity contribution in [3.8, 4) is 5.75 Å². The van der Waals surface area contributed by atoms with E-state index in [1.807, 2.05) is 24.3 Å².